The van der Waals surface area contributed by atoms with Crippen molar-refractivity contribution < 1.29 is 19.1 Å². The van der Waals surface area contributed by atoms with E-state index in [2.05, 4.69) is 133 Å². The quantitative estimate of drug-likeness (QED) is 0.107. The van der Waals surface area contributed by atoms with Gasteiger partial charge in [-0.3, -0.25) is 19.4 Å². The standard InChI is InChI=1S/C40H46Br2N2O2.C2H5NO2/c1-29-33(27-45-39-17-15-31(23-37(39)41)25-43-19-5-3-6-20-43)11-9-13-35(29)36-14-10-12-34(30(36)2)28-46-40-18-16-32(24-38(40)42)26-44-21-7-4-8-22-44;1-5-3-2-4/h9-18,23-24H,3-8,19-22,25-28H2,1-2H3;2H,1H3,(H,3,4). The van der Waals surface area contributed by atoms with Gasteiger partial charge < -0.3 is 9.47 Å². The van der Waals surface area contributed by atoms with E-state index in [0.29, 0.717) is 19.6 Å². The second-order valence-electron chi connectivity index (χ2n) is 13.4. The van der Waals surface area contributed by atoms with Gasteiger partial charge in [0.2, 0.25) is 6.41 Å². The summed E-state index contributed by atoms with van der Waals surface area (Å²) in [5, 5.41) is 0. The van der Waals surface area contributed by atoms with Gasteiger partial charge in [-0.1, -0.05) is 61.4 Å². The zero-order chi connectivity index (χ0) is 36.0. The van der Waals surface area contributed by atoms with Gasteiger partial charge in [0.05, 0.1) is 16.1 Å². The van der Waals surface area contributed by atoms with Crippen LogP contribution < -0.4 is 15.0 Å². The van der Waals surface area contributed by atoms with Crippen LogP contribution in [0.2, 0.25) is 0 Å². The van der Waals surface area contributed by atoms with Gasteiger partial charge in [-0.2, -0.15) is 0 Å². The lowest BCUT2D eigenvalue weighted by Crippen LogP contribution is -2.29. The van der Waals surface area contributed by atoms with Crippen molar-refractivity contribution in [1.82, 2.24) is 15.3 Å². The maximum atomic E-state index is 9.17. The predicted octanol–water partition coefficient (Wildman–Crippen LogP) is 9.92. The van der Waals surface area contributed by atoms with Crippen LogP contribution in [0.4, 0.5) is 0 Å². The summed E-state index contributed by atoms with van der Waals surface area (Å²) < 4.78 is 14.7. The molecular weight excluding hydrogens is 770 g/mol. The average molecular weight is 822 g/mol. The Labute approximate surface area is 320 Å². The molecule has 0 bridgehead atoms. The minimum atomic E-state index is 0.458. The van der Waals surface area contributed by atoms with Gasteiger partial charge in [0.25, 0.3) is 0 Å². The number of carbonyl (C=O) groups is 1. The predicted molar refractivity (Wildman–Crippen MR) is 213 cm³/mol. The number of halogens is 2. The number of piperidine rings is 2. The molecule has 2 heterocycles. The maximum Gasteiger partial charge on any atom is 0.230 e. The van der Waals surface area contributed by atoms with Crippen LogP contribution in [0.15, 0.2) is 81.7 Å². The van der Waals surface area contributed by atoms with Crippen LogP contribution in [0.3, 0.4) is 0 Å². The molecular formula is C42H51Br2N3O4. The summed E-state index contributed by atoms with van der Waals surface area (Å²) in [6.07, 6.45) is 8.42. The van der Waals surface area contributed by atoms with Crippen LogP contribution in [-0.2, 0) is 35.9 Å². The number of likely N-dealkylation sites (tertiary alicyclic amines) is 2. The summed E-state index contributed by atoms with van der Waals surface area (Å²) in [4.78, 5) is 18.3. The fourth-order valence-corrected chi connectivity index (χ4v) is 7.97. The largest absolute Gasteiger partial charge is 0.488 e. The van der Waals surface area contributed by atoms with Crippen molar-refractivity contribution in [3.63, 3.8) is 0 Å². The lowest BCUT2D eigenvalue weighted by atomic mass is 9.92. The highest BCUT2D eigenvalue weighted by Crippen LogP contribution is 2.34. The topological polar surface area (TPSA) is 63.3 Å². The summed E-state index contributed by atoms with van der Waals surface area (Å²) in [6, 6.07) is 26.1. The molecule has 2 aliphatic heterocycles. The third-order valence-electron chi connectivity index (χ3n) is 9.82. The minimum absolute atomic E-state index is 0.458. The molecule has 2 aliphatic rings. The zero-order valence-electron chi connectivity index (χ0n) is 30.2. The first-order valence-electron chi connectivity index (χ1n) is 18.0. The van der Waals surface area contributed by atoms with Gasteiger partial charge in [0, 0.05) is 13.1 Å². The molecule has 2 saturated heterocycles. The molecule has 0 radical (unpaired) electrons. The fraction of sp³-hybridized carbons (Fsp3) is 0.405. The molecule has 0 aromatic heterocycles. The van der Waals surface area contributed by atoms with E-state index in [4.69, 9.17) is 14.3 Å². The molecule has 51 heavy (non-hydrogen) atoms. The maximum absolute atomic E-state index is 9.17. The van der Waals surface area contributed by atoms with E-state index in [9.17, 15) is 0 Å². The van der Waals surface area contributed by atoms with Crippen LogP contribution in [0.25, 0.3) is 11.1 Å². The van der Waals surface area contributed by atoms with Crippen molar-refractivity contribution in [2.24, 2.45) is 0 Å². The van der Waals surface area contributed by atoms with Crippen molar-refractivity contribution in [2.45, 2.75) is 78.7 Å². The highest BCUT2D eigenvalue weighted by atomic mass is 79.9. The number of hydroxylamine groups is 1. The normalized spacial score (nSPS) is 15.1. The lowest BCUT2D eigenvalue weighted by Gasteiger charge is -2.26. The fourth-order valence-electron chi connectivity index (χ4n) is 6.89. The minimum Gasteiger partial charge on any atom is -0.488 e. The summed E-state index contributed by atoms with van der Waals surface area (Å²) in [7, 11) is 1.37. The average Bonchev–Trinajstić information content (AvgIpc) is 3.14. The van der Waals surface area contributed by atoms with Crippen LogP contribution >= 0.6 is 31.9 Å². The van der Waals surface area contributed by atoms with E-state index in [1.807, 2.05) is 5.48 Å². The Hall–Kier alpha value is -3.21. The Morgan fingerprint density at radius 3 is 1.43 bits per heavy atom. The number of nitrogens with zero attached hydrogens (tertiary/aromatic N) is 2. The molecule has 0 aliphatic carbocycles. The molecule has 4 aromatic rings. The summed E-state index contributed by atoms with van der Waals surface area (Å²) in [6.45, 7) is 12.3. The van der Waals surface area contributed by atoms with Crippen LogP contribution in [0.1, 0.15) is 71.9 Å². The Morgan fingerprint density at radius 2 is 1.08 bits per heavy atom. The molecule has 1 N–H and O–H groups in total. The molecule has 4 aromatic carbocycles. The van der Waals surface area contributed by atoms with Crippen molar-refractivity contribution in [2.75, 3.05) is 33.3 Å². The third-order valence-corrected chi connectivity index (χ3v) is 11.1. The number of rotatable bonds is 13. The van der Waals surface area contributed by atoms with Crippen molar-refractivity contribution in [3.8, 4) is 22.6 Å². The van der Waals surface area contributed by atoms with E-state index < -0.39 is 0 Å². The molecule has 7 nitrogen and oxygen atoms in total. The number of nitrogens with one attached hydrogen (secondary N) is 1. The number of ether oxygens (including phenoxy) is 2. The van der Waals surface area contributed by atoms with E-state index in [1.165, 1.54) is 116 Å². The van der Waals surface area contributed by atoms with Gasteiger partial charge in [-0.15, -0.1) is 0 Å². The van der Waals surface area contributed by atoms with E-state index >= 15 is 0 Å². The number of benzene rings is 4. The molecule has 6 rings (SSSR count). The highest BCUT2D eigenvalue weighted by Gasteiger charge is 2.15. The van der Waals surface area contributed by atoms with E-state index in [1.54, 1.807) is 0 Å². The highest BCUT2D eigenvalue weighted by molar-refractivity contribution is 9.10. The van der Waals surface area contributed by atoms with Crippen LogP contribution in [0.5, 0.6) is 11.5 Å². The smallest absolute Gasteiger partial charge is 0.230 e. The summed E-state index contributed by atoms with van der Waals surface area (Å²) >= 11 is 7.54. The molecule has 0 spiro atoms. The van der Waals surface area contributed by atoms with Gasteiger partial charge in [-0.05, 0) is 166 Å². The Balaban J connectivity index is 0.000000943. The molecule has 9 heteroatoms. The second kappa shape index (κ2) is 20.1. The number of amides is 1. The first kappa shape index (κ1) is 39.0. The summed E-state index contributed by atoms with van der Waals surface area (Å²) in [5.74, 6) is 1.77. The second-order valence-corrected chi connectivity index (χ2v) is 15.1. The Bertz CT molecular complexity index is 1600. The summed E-state index contributed by atoms with van der Waals surface area (Å²) in [5.41, 5.74) is 11.9. The van der Waals surface area contributed by atoms with Gasteiger partial charge in [0.15, 0.2) is 0 Å². The molecule has 1 amide bonds. The number of carbonyl (C=O) groups excluding carboxylic acids is 1. The van der Waals surface area contributed by atoms with Crippen molar-refractivity contribution in [3.05, 3.63) is 115 Å². The molecule has 0 unspecified atom stereocenters. The van der Waals surface area contributed by atoms with Gasteiger partial charge in [0.1, 0.15) is 24.7 Å². The SMILES string of the molecule is CONC=O.Cc1c(COc2ccc(CN3CCCCC3)cc2Br)cccc1-c1cccc(COc2ccc(CN3CCCCC3)cc2Br)c1C. The van der Waals surface area contributed by atoms with Crippen molar-refractivity contribution in [1.29, 1.82) is 0 Å². The van der Waals surface area contributed by atoms with Gasteiger partial charge in [-0.25, -0.2) is 5.48 Å². The van der Waals surface area contributed by atoms with Crippen LogP contribution in [0, 0.1) is 13.8 Å². The van der Waals surface area contributed by atoms with E-state index in [-0.39, 0.29) is 0 Å². The third kappa shape index (κ3) is 11.4. The van der Waals surface area contributed by atoms with Crippen LogP contribution in [-0.4, -0.2) is 49.5 Å². The number of hydrogen-bond donors (Lipinski definition) is 1. The van der Waals surface area contributed by atoms with Gasteiger partial charge >= 0.3 is 0 Å². The Kier molecular flexibility index (Phi) is 15.4. The number of hydrogen-bond acceptors (Lipinski definition) is 6. The molecule has 0 saturated carbocycles. The monoisotopic (exact) mass is 819 g/mol. The first-order valence-corrected chi connectivity index (χ1v) is 19.6. The molecule has 2 fully saturated rings. The zero-order valence-corrected chi connectivity index (χ0v) is 33.4. The van der Waals surface area contributed by atoms with Crippen molar-refractivity contribution >= 4 is 38.3 Å². The molecule has 272 valence electrons. The molecule has 0 atom stereocenters. The van der Waals surface area contributed by atoms with E-state index in [0.717, 1.165) is 33.5 Å². The first-order chi connectivity index (χ1) is 24.9. The lowest BCUT2D eigenvalue weighted by molar-refractivity contribution is -0.118. The Morgan fingerprint density at radius 1 is 0.647 bits per heavy atom.